The first-order valence-electron chi connectivity index (χ1n) is 13.6. The predicted octanol–water partition coefficient (Wildman–Crippen LogP) is 1.42. The molecule has 4 N–H and O–H groups in total. The fourth-order valence-electron chi connectivity index (χ4n) is 10.5. The fraction of sp³-hybridized carbons (Fsp3) is 0.857. The van der Waals surface area contributed by atoms with E-state index in [2.05, 4.69) is 0 Å². The molecule has 3 saturated heterocycles. The van der Waals surface area contributed by atoms with E-state index in [1.165, 1.54) is 12.2 Å². The third-order valence-electron chi connectivity index (χ3n) is 13.2. The third kappa shape index (κ3) is 2.14. The molecule has 198 valence electrons. The molecular formula is C28H38O8. The van der Waals surface area contributed by atoms with Crippen molar-refractivity contribution < 1.29 is 39.5 Å². The van der Waals surface area contributed by atoms with Crippen molar-refractivity contribution in [2.75, 3.05) is 0 Å². The Hall–Kier alpha value is -1.32. The van der Waals surface area contributed by atoms with Crippen LogP contribution >= 0.6 is 0 Å². The van der Waals surface area contributed by atoms with Gasteiger partial charge < -0.3 is 29.9 Å². The van der Waals surface area contributed by atoms with Crippen LogP contribution in [-0.2, 0) is 19.1 Å². The van der Waals surface area contributed by atoms with Crippen LogP contribution in [0, 0.1) is 34.0 Å². The van der Waals surface area contributed by atoms with Gasteiger partial charge in [-0.25, -0.2) is 0 Å². The van der Waals surface area contributed by atoms with Crippen molar-refractivity contribution in [3.05, 3.63) is 12.2 Å². The van der Waals surface area contributed by atoms with Gasteiger partial charge in [-0.15, -0.1) is 0 Å². The van der Waals surface area contributed by atoms with Crippen LogP contribution in [0.2, 0.25) is 0 Å². The monoisotopic (exact) mass is 502 g/mol. The summed E-state index contributed by atoms with van der Waals surface area (Å²) in [7, 11) is 0. The van der Waals surface area contributed by atoms with Crippen LogP contribution < -0.4 is 0 Å². The average Bonchev–Trinajstić information content (AvgIpc) is 3.50. The Morgan fingerprint density at radius 3 is 2.25 bits per heavy atom. The molecule has 8 rings (SSSR count). The van der Waals surface area contributed by atoms with Gasteiger partial charge in [0.05, 0.1) is 33.7 Å². The fourth-order valence-corrected chi connectivity index (χ4v) is 10.5. The van der Waals surface area contributed by atoms with Crippen LogP contribution in [0.15, 0.2) is 12.2 Å². The first kappa shape index (κ1) is 23.8. The number of aliphatic hydroxyl groups is 4. The Labute approximate surface area is 211 Å². The maximum atomic E-state index is 13.4. The molecule has 13 atom stereocenters. The van der Waals surface area contributed by atoms with Crippen molar-refractivity contribution in [2.45, 2.75) is 113 Å². The van der Waals surface area contributed by atoms with Crippen molar-refractivity contribution in [3.63, 3.8) is 0 Å². The normalized spacial score (nSPS) is 64.8. The predicted molar refractivity (Wildman–Crippen MR) is 125 cm³/mol. The Bertz CT molecular complexity index is 1120. The van der Waals surface area contributed by atoms with Crippen molar-refractivity contribution in [2.24, 2.45) is 34.0 Å². The van der Waals surface area contributed by atoms with E-state index in [4.69, 9.17) is 9.47 Å². The molecule has 7 fully saturated rings. The number of esters is 1. The molecule has 2 bridgehead atoms. The Morgan fingerprint density at radius 2 is 1.58 bits per heavy atom. The van der Waals surface area contributed by atoms with Gasteiger partial charge in [-0.3, -0.25) is 9.59 Å². The number of ketones is 1. The molecule has 3 heterocycles. The zero-order valence-corrected chi connectivity index (χ0v) is 21.5. The lowest BCUT2D eigenvalue weighted by Gasteiger charge is -2.65. The quantitative estimate of drug-likeness (QED) is 0.312. The molecule has 4 saturated carbocycles. The summed E-state index contributed by atoms with van der Waals surface area (Å²) in [4.78, 5) is 26.1. The third-order valence-corrected chi connectivity index (χ3v) is 13.2. The van der Waals surface area contributed by atoms with E-state index in [0.29, 0.717) is 38.5 Å². The van der Waals surface area contributed by atoms with E-state index in [1.807, 2.05) is 13.8 Å². The molecule has 0 amide bonds. The van der Waals surface area contributed by atoms with Gasteiger partial charge in [-0.05, 0) is 83.3 Å². The van der Waals surface area contributed by atoms with Crippen LogP contribution in [-0.4, -0.2) is 72.9 Å². The molecule has 0 aromatic heterocycles. The summed E-state index contributed by atoms with van der Waals surface area (Å²) in [5.41, 5.74) is -7.59. The highest BCUT2D eigenvalue weighted by molar-refractivity contribution is 5.98. The highest BCUT2D eigenvalue weighted by atomic mass is 16.6. The smallest absolute Gasteiger partial charge is 0.315 e. The van der Waals surface area contributed by atoms with Gasteiger partial charge in [0.15, 0.2) is 5.78 Å². The van der Waals surface area contributed by atoms with Gasteiger partial charge in [0.25, 0.3) is 0 Å². The van der Waals surface area contributed by atoms with Crippen LogP contribution in [0.25, 0.3) is 0 Å². The molecule has 0 unspecified atom stereocenters. The van der Waals surface area contributed by atoms with Crippen LogP contribution in [0.4, 0.5) is 0 Å². The van der Waals surface area contributed by atoms with E-state index in [0.717, 1.165) is 0 Å². The van der Waals surface area contributed by atoms with Crippen molar-refractivity contribution in [1.82, 2.24) is 0 Å². The zero-order chi connectivity index (χ0) is 25.9. The summed E-state index contributed by atoms with van der Waals surface area (Å²) in [5, 5.41) is 47.0. The minimum atomic E-state index is -1.29. The van der Waals surface area contributed by atoms with Crippen LogP contribution in [0.3, 0.4) is 0 Å². The average molecular weight is 503 g/mol. The standard InChI is InChI=1S/C28H38O8/c1-22-12-16(17(35-21(22)31)13-24(22,3)32)27(34)10-9-26(33)15-11-20-28(36-20)19(30)6-5-18(29)25(28,4)14(15)7-8-23(26,27)2/h5-6,14-17,19-20,30,32-34H,7-13H2,1-4H3/t14-,15+,16-,17-,19+,20-,22+,23+,24+,25+,26-,27+,28-/m1/s1. The molecule has 3 aliphatic heterocycles. The summed E-state index contributed by atoms with van der Waals surface area (Å²) >= 11 is 0. The highest BCUT2D eigenvalue weighted by Gasteiger charge is 2.84. The van der Waals surface area contributed by atoms with E-state index in [9.17, 15) is 30.0 Å². The molecule has 8 aliphatic rings. The maximum Gasteiger partial charge on any atom is 0.315 e. The van der Waals surface area contributed by atoms with E-state index < -0.39 is 62.7 Å². The molecule has 5 aliphatic carbocycles. The van der Waals surface area contributed by atoms with Gasteiger partial charge >= 0.3 is 5.97 Å². The number of epoxide rings is 1. The molecule has 36 heavy (non-hydrogen) atoms. The summed E-state index contributed by atoms with van der Waals surface area (Å²) in [6.07, 6.45) is 4.22. The van der Waals surface area contributed by atoms with Gasteiger partial charge in [-0.2, -0.15) is 0 Å². The summed E-state index contributed by atoms with van der Waals surface area (Å²) in [6.45, 7) is 7.26. The van der Waals surface area contributed by atoms with Crippen molar-refractivity contribution >= 4 is 11.8 Å². The van der Waals surface area contributed by atoms with Gasteiger partial charge in [0.1, 0.15) is 17.8 Å². The summed E-state index contributed by atoms with van der Waals surface area (Å²) in [6, 6.07) is 0. The van der Waals surface area contributed by atoms with E-state index in [-0.39, 0.29) is 30.1 Å². The lowest BCUT2D eigenvalue weighted by Crippen LogP contribution is -2.73. The summed E-state index contributed by atoms with van der Waals surface area (Å²) in [5.74, 6) is -1.32. The largest absolute Gasteiger partial charge is 0.461 e. The molecule has 8 nitrogen and oxygen atoms in total. The SMILES string of the molecule is C[C@]12CC[C@@H]3[C@H](C[C@H]4O[C@]45[C@@H](O)C=CC(=O)[C@]35C)[C@]1(O)CC[C@]2(O)[C@@H]1C[C@@]2(C)C(=O)O[C@@H]1C[C@]2(C)O. The number of fused-ring (bicyclic) bond motifs is 7. The number of carbonyl (C=O) groups is 2. The Balaban J connectivity index is 1.28. The van der Waals surface area contributed by atoms with Crippen LogP contribution in [0.5, 0.6) is 0 Å². The second-order valence-corrected chi connectivity index (χ2v) is 14.0. The van der Waals surface area contributed by atoms with Gasteiger partial charge in [0.2, 0.25) is 0 Å². The lowest BCUT2D eigenvalue weighted by atomic mass is 9.41. The molecule has 8 heteroatoms. The zero-order valence-electron chi connectivity index (χ0n) is 21.5. The number of aliphatic hydroxyl groups excluding tert-OH is 1. The molecule has 1 spiro atoms. The second-order valence-electron chi connectivity index (χ2n) is 14.0. The summed E-state index contributed by atoms with van der Waals surface area (Å²) < 4.78 is 11.9. The Morgan fingerprint density at radius 1 is 0.917 bits per heavy atom. The van der Waals surface area contributed by atoms with Gasteiger partial charge in [-0.1, -0.05) is 6.92 Å². The number of carbonyl (C=O) groups excluding carboxylic acids is 2. The van der Waals surface area contributed by atoms with Crippen LogP contribution in [0.1, 0.15) is 72.6 Å². The number of hydrogen-bond donors (Lipinski definition) is 4. The van der Waals surface area contributed by atoms with Crippen molar-refractivity contribution in [1.29, 1.82) is 0 Å². The van der Waals surface area contributed by atoms with Crippen molar-refractivity contribution in [3.8, 4) is 0 Å². The maximum absolute atomic E-state index is 13.4. The number of rotatable bonds is 1. The Kier molecular flexibility index (Phi) is 4.15. The topological polar surface area (TPSA) is 137 Å². The highest BCUT2D eigenvalue weighted by Crippen LogP contribution is 2.75. The molecule has 0 aromatic carbocycles. The minimum Gasteiger partial charge on any atom is -0.461 e. The van der Waals surface area contributed by atoms with E-state index in [1.54, 1.807) is 13.8 Å². The van der Waals surface area contributed by atoms with E-state index >= 15 is 0 Å². The van der Waals surface area contributed by atoms with Gasteiger partial charge in [0, 0.05) is 17.8 Å². The lowest BCUT2D eigenvalue weighted by molar-refractivity contribution is -0.282. The molecule has 0 aromatic rings. The number of ether oxygens (including phenoxy) is 2. The first-order valence-corrected chi connectivity index (χ1v) is 13.6. The first-order chi connectivity index (χ1) is 16.6. The molecular weight excluding hydrogens is 464 g/mol. The minimum absolute atomic E-state index is 0.0582. The molecule has 0 radical (unpaired) electrons. The second kappa shape index (κ2) is 6.28. The number of hydrogen-bond acceptors (Lipinski definition) is 8. The number of allylic oxidation sites excluding steroid dienone is 1.